The summed E-state index contributed by atoms with van der Waals surface area (Å²) in [4.78, 5) is 16.6. The highest BCUT2D eigenvalue weighted by Crippen LogP contribution is 2.27. The van der Waals surface area contributed by atoms with E-state index in [1.54, 1.807) is 18.0 Å². The average molecular weight is 344 g/mol. The number of amides is 1. The maximum absolute atomic E-state index is 12.3. The zero-order valence-electron chi connectivity index (χ0n) is 12.1. The van der Waals surface area contributed by atoms with Crippen molar-refractivity contribution in [3.8, 4) is 0 Å². The topological polar surface area (TPSA) is 72.7 Å². The monoisotopic (exact) mass is 343 g/mol. The maximum atomic E-state index is 12.3. The highest BCUT2D eigenvalue weighted by molar-refractivity contribution is 8.01. The molecule has 2 heterocycles. The molecule has 114 valence electrons. The van der Waals surface area contributed by atoms with E-state index in [1.165, 1.54) is 23.1 Å². The van der Waals surface area contributed by atoms with Gasteiger partial charge in [0, 0.05) is 19.4 Å². The number of nitrogens with one attached hydrogen (secondary N) is 1. The molecular formula is C12H17N5OS3. The molecule has 1 amide bonds. The Morgan fingerprint density at radius 1 is 1.48 bits per heavy atom. The normalized spacial score (nSPS) is 12.3. The lowest BCUT2D eigenvalue weighted by Gasteiger charge is -2.12. The number of aryl methyl sites for hydroxylation is 1. The van der Waals surface area contributed by atoms with Crippen LogP contribution in [0.2, 0.25) is 0 Å². The summed E-state index contributed by atoms with van der Waals surface area (Å²) in [6.45, 7) is 4.04. The van der Waals surface area contributed by atoms with Crippen molar-refractivity contribution in [2.24, 2.45) is 7.05 Å². The predicted octanol–water partition coefficient (Wildman–Crippen LogP) is 2.89. The van der Waals surface area contributed by atoms with Crippen molar-refractivity contribution in [3.05, 3.63) is 12.4 Å². The molecule has 0 saturated heterocycles. The van der Waals surface area contributed by atoms with Gasteiger partial charge in [-0.05, 0) is 12.2 Å². The number of rotatable bonds is 7. The minimum absolute atomic E-state index is 0.0605. The maximum Gasteiger partial charge on any atom is 0.239 e. The number of nitrogens with zero attached hydrogens (tertiary/aromatic N) is 4. The van der Waals surface area contributed by atoms with E-state index in [2.05, 4.69) is 27.4 Å². The van der Waals surface area contributed by atoms with Crippen LogP contribution < -0.4 is 5.32 Å². The summed E-state index contributed by atoms with van der Waals surface area (Å²) in [5.41, 5.74) is 0. The van der Waals surface area contributed by atoms with Crippen LogP contribution in [0.4, 0.5) is 5.13 Å². The molecule has 0 spiro atoms. The van der Waals surface area contributed by atoms with Gasteiger partial charge in [-0.25, -0.2) is 4.98 Å². The lowest BCUT2D eigenvalue weighted by molar-refractivity contribution is -0.115. The Morgan fingerprint density at radius 2 is 2.29 bits per heavy atom. The number of thioether (sulfide) groups is 2. The molecular weight excluding hydrogens is 326 g/mol. The van der Waals surface area contributed by atoms with Gasteiger partial charge in [0.25, 0.3) is 0 Å². The van der Waals surface area contributed by atoms with Crippen LogP contribution >= 0.6 is 34.9 Å². The number of carbonyl (C=O) groups is 1. The molecule has 6 nitrogen and oxygen atoms in total. The fourth-order valence-electron chi connectivity index (χ4n) is 1.54. The number of anilines is 1. The highest BCUT2D eigenvalue weighted by Gasteiger charge is 2.21. The van der Waals surface area contributed by atoms with E-state index in [-0.39, 0.29) is 11.2 Å². The minimum Gasteiger partial charge on any atom is -0.329 e. The van der Waals surface area contributed by atoms with Crippen LogP contribution in [0, 0.1) is 0 Å². The van der Waals surface area contributed by atoms with Crippen molar-refractivity contribution in [2.45, 2.75) is 35.0 Å². The molecule has 0 saturated carbocycles. The SMILES string of the molecule is CCSc1nnc(NC(=O)C(CC)Sc2nccn2C)s1. The van der Waals surface area contributed by atoms with Crippen LogP contribution in [0.15, 0.2) is 21.9 Å². The summed E-state index contributed by atoms with van der Waals surface area (Å²) in [5.74, 6) is 0.879. The Bertz CT molecular complexity index is 597. The molecule has 21 heavy (non-hydrogen) atoms. The molecule has 9 heteroatoms. The smallest absolute Gasteiger partial charge is 0.239 e. The number of carbonyl (C=O) groups excluding carboxylic acids is 1. The molecule has 0 aliphatic carbocycles. The molecule has 0 aliphatic heterocycles. The second-order valence-corrected chi connectivity index (χ2v) is 7.79. The second kappa shape index (κ2) is 7.81. The van der Waals surface area contributed by atoms with E-state index in [1.807, 2.05) is 24.7 Å². The van der Waals surface area contributed by atoms with Crippen LogP contribution in [0.5, 0.6) is 0 Å². The van der Waals surface area contributed by atoms with Gasteiger partial charge in [0.15, 0.2) is 9.50 Å². The van der Waals surface area contributed by atoms with E-state index in [0.29, 0.717) is 5.13 Å². The summed E-state index contributed by atoms with van der Waals surface area (Å²) in [6.07, 6.45) is 4.32. The second-order valence-electron chi connectivity index (χ2n) is 4.13. The number of hydrogen-bond donors (Lipinski definition) is 1. The van der Waals surface area contributed by atoms with Gasteiger partial charge in [-0.2, -0.15) is 0 Å². The third kappa shape index (κ3) is 4.45. The summed E-state index contributed by atoms with van der Waals surface area (Å²) in [6, 6.07) is 0. The van der Waals surface area contributed by atoms with Crippen molar-refractivity contribution in [1.29, 1.82) is 0 Å². The van der Waals surface area contributed by atoms with Gasteiger partial charge in [0.1, 0.15) is 0 Å². The van der Waals surface area contributed by atoms with Crippen LogP contribution in [-0.2, 0) is 11.8 Å². The van der Waals surface area contributed by atoms with E-state index < -0.39 is 0 Å². The molecule has 1 unspecified atom stereocenters. The molecule has 0 bridgehead atoms. The lowest BCUT2D eigenvalue weighted by Crippen LogP contribution is -2.24. The summed E-state index contributed by atoms with van der Waals surface area (Å²) < 4.78 is 2.78. The Kier molecular flexibility index (Phi) is 6.07. The minimum atomic E-state index is -0.197. The third-order valence-electron chi connectivity index (χ3n) is 2.59. The Morgan fingerprint density at radius 3 is 2.90 bits per heavy atom. The van der Waals surface area contributed by atoms with Gasteiger partial charge >= 0.3 is 0 Å². The fourth-order valence-corrected chi connectivity index (χ4v) is 4.13. The zero-order valence-corrected chi connectivity index (χ0v) is 14.5. The van der Waals surface area contributed by atoms with Crippen molar-refractivity contribution in [2.75, 3.05) is 11.1 Å². The summed E-state index contributed by atoms with van der Waals surface area (Å²) in [7, 11) is 1.92. The Labute approximate surface area is 136 Å². The molecule has 2 rings (SSSR count). The molecule has 0 radical (unpaired) electrons. The molecule has 1 N–H and O–H groups in total. The number of hydrogen-bond acceptors (Lipinski definition) is 7. The van der Waals surface area contributed by atoms with Crippen LogP contribution in [0.25, 0.3) is 0 Å². The van der Waals surface area contributed by atoms with Crippen molar-refractivity contribution in [1.82, 2.24) is 19.7 Å². The van der Waals surface area contributed by atoms with Gasteiger partial charge in [-0.1, -0.05) is 48.7 Å². The van der Waals surface area contributed by atoms with Crippen LogP contribution in [0.1, 0.15) is 20.3 Å². The first-order valence-electron chi connectivity index (χ1n) is 6.55. The molecule has 1 atom stereocenters. The first-order chi connectivity index (χ1) is 10.1. The Balaban J connectivity index is 1.97. The molecule has 0 fully saturated rings. The van der Waals surface area contributed by atoms with E-state index >= 15 is 0 Å². The zero-order chi connectivity index (χ0) is 15.2. The van der Waals surface area contributed by atoms with Crippen LogP contribution in [-0.4, -0.2) is 36.7 Å². The largest absolute Gasteiger partial charge is 0.329 e. The molecule has 0 aromatic carbocycles. The van der Waals surface area contributed by atoms with Gasteiger partial charge in [-0.3, -0.25) is 10.1 Å². The number of aromatic nitrogens is 4. The van der Waals surface area contributed by atoms with Gasteiger partial charge in [0.2, 0.25) is 11.0 Å². The van der Waals surface area contributed by atoms with E-state index in [4.69, 9.17) is 0 Å². The summed E-state index contributed by atoms with van der Waals surface area (Å²) in [5, 5.41) is 12.0. The highest BCUT2D eigenvalue weighted by atomic mass is 32.2. The lowest BCUT2D eigenvalue weighted by atomic mass is 10.3. The average Bonchev–Trinajstić information content (AvgIpc) is 3.06. The van der Waals surface area contributed by atoms with Crippen molar-refractivity contribution >= 4 is 45.9 Å². The van der Waals surface area contributed by atoms with Gasteiger partial charge in [-0.15, -0.1) is 10.2 Å². The molecule has 2 aromatic heterocycles. The quantitative estimate of drug-likeness (QED) is 0.615. The first-order valence-corrected chi connectivity index (χ1v) is 9.23. The predicted molar refractivity (Wildman–Crippen MR) is 88.1 cm³/mol. The van der Waals surface area contributed by atoms with Crippen LogP contribution in [0.3, 0.4) is 0 Å². The van der Waals surface area contributed by atoms with E-state index in [0.717, 1.165) is 21.7 Å². The Hall–Kier alpha value is -1.06. The summed E-state index contributed by atoms with van der Waals surface area (Å²) >= 11 is 4.48. The fraction of sp³-hybridized carbons (Fsp3) is 0.500. The standard InChI is InChI=1S/C12H17N5OS3/c1-4-8(20-11-13-6-7-17(11)3)9(18)14-10-15-16-12(21-10)19-5-2/h6-8H,4-5H2,1-3H3,(H,14,15,18). The first kappa shape index (κ1) is 16.3. The molecule has 0 aliphatic rings. The van der Waals surface area contributed by atoms with E-state index in [9.17, 15) is 4.79 Å². The third-order valence-corrected chi connectivity index (χ3v) is 5.88. The van der Waals surface area contributed by atoms with Gasteiger partial charge < -0.3 is 4.57 Å². The van der Waals surface area contributed by atoms with Gasteiger partial charge in [0.05, 0.1) is 5.25 Å². The number of imidazole rings is 1. The van der Waals surface area contributed by atoms with Crippen molar-refractivity contribution < 1.29 is 4.79 Å². The van der Waals surface area contributed by atoms with Crippen molar-refractivity contribution in [3.63, 3.8) is 0 Å². The molecule has 2 aromatic rings.